The van der Waals surface area contributed by atoms with Crippen LogP contribution in [0.5, 0.6) is 23.0 Å². The van der Waals surface area contributed by atoms with Crippen LogP contribution in [0.2, 0.25) is 0 Å². The minimum absolute atomic E-state index is 0.0990. The van der Waals surface area contributed by atoms with Crippen LogP contribution in [-0.2, 0) is 4.79 Å². The number of nitrogens with one attached hydrogen (secondary N) is 1. The number of carbonyl (C=O) groups is 1. The van der Waals surface area contributed by atoms with Gasteiger partial charge in [0.05, 0.1) is 20.4 Å². The molecule has 0 aromatic heterocycles. The number of nitrogens with zero attached hydrogens (tertiary/aromatic N) is 1. The summed E-state index contributed by atoms with van der Waals surface area (Å²) in [6, 6.07) is 8.81. The molecule has 0 aliphatic carbocycles. The summed E-state index contributed by atoms with van der Waals surface area (Å²) in [7, 11) is 2.86. The van der Waals surface area contributed by atoms with Crippen molar-refractivity contribution in [2.24, 2.45) is 5.10 Å². The van der Waals surface area contributed by atoms with Crippen LogP contribution in [0.4, 0.5) is 0 Å². The van der Waals surface area contributed by atoms with Crippen LogP contribution in [-0.4, -0.2) is 38.1 Å². The summed E-state index contributed by atoms with van der Waals surface area (Å²) in [5.41, 5.74) is 5.06. The number of ether oxygens (including phenoxy) is 3. The molecule has 0 unspecified atom stereocenters. The number of carbonyl (C=O) groups excluding carboxylic acids is 1. The summed E-state index contributed by atoms with van der Waals surface area (Å²) in [5, 5.41) is 13.7. The van der Waals surface area contributed by atoms with Crippen molar-refractivity contribution in [2.45, 2.75) is 13.8 Å². The topological polar surface area (TPSA) is 89.4 Å². The summed E-state index contributed by atoms with van der Waals surface area (Å²) in [6.45, 7) is 3.77. The third kappa shape index (κ3) is 4.66. The van der Waals surface area contributed by atoms with Crippen molar-refractivity contribution < 1.29 is 24.1 Å². The molecule has 1 amide bonds. The van der Waals surface area contributed by atoms with E-state index >= 15 is 0 Å². The second-order valence-corrected chi connectivity index (χ2v) is 5.55. The number of phenols is 1. The molecule has 2 N–H and O–H groups in total. The zero-order valence-corrected chi connectivity index (χ0v) is 15.2. The largest absolute Gasteiger partial charge is 0.502 e. The fraction of sp³-hybridized carbons (Fsp3) is 0.263. The van der Waals surface area contributed by atoms with Crippen molar-refractivity contribution in [3.63, 3.8) is 0 Å². The van der Waals surface area contributed by atoms with Crippen LogP contribution in [0.3, 0.4) is 0 Å². The van der Waals surface area contributed by atoms with E-state index in [1.807, 2.05) is 32.0 Å². The van der Waals surface area contributed by atoms with E-state index in [1.165, 1.54) is 20.4 Å². The van der Waals surface area contributed by atoms with Crippen LogP contribution in [0.25, 0.3) is 0 Å². The van der Waals surface area contributed by atoms with Gasteiger partial charge in [0, 0.05) is 5.56 Å². The van der Waals surface area contributed by atoms with E-state index in [-0.39, 0.29) is 29.8 Å². The number of phenolic OH excluding ortho intramolecular Hbond substituents is 1. The second-order valence-electron chi connectivity index (χ2n) is 5.55. The highest BCUT2D eigenvalue weighted by Crippen LogP contribution is 2.36. The predicted molar refractivity (Wildman–Crippen MR) is 98.4 cm³/mol. The molecule has 0 atom stereocenters. The van der Waals surface area contributed by atoms with E-state index in [4.69, 9.17) is 14.2 Å². The molecule has 0 radical (unpaired) electrons. The van der Waals surface area contributed by atoms with E-state index in [0.717, 1.165) is 11.1 Å². The molecule has 0 saturated carbocycles. The number of rotatable bonds is 7. The maximum atomic E-state index is 11.9. The lowest BCUT2D eigenvalue weighted by atomic mass is 10.1. The number of amides is 1. The van der Waals surface area contributed by atoms with Gasteiger partial charge in [-0.2, -0.15) is 5.10 Å². The summed E-state index contributed by atoms with van der Waals surface area (Å²) >= 11 is 0. The van der Waals surface area contributed by atoms with Crippen molar-refractivity contribution in [1.82, 2.24) is 5.43 Å². The Kier molecular flexibility index (Phi) is 6.43. The fourth-order valence-electron chi connectivity index (χ4n) is 2.22. The van der Waals surface area contributed by atoms with Gasteiger partial charge in [-0.3, -0.25) is 4.79 Å². The Hall–Kier alpha value is -3.22. The van der Waals surface area contributed by atoms with Gasteiger partial charge in [-0.25, -0.2) is 5.43 Å². The molecule has 0 saturated heterocycles. The highest BCUT2D eigenvalue weighted by molar-refractivity contribution is 5.84. The Morgan fingerprint density at radius 2 is 1.81 bits per heavy atom. The number of aryl methyl sites for hydroxylation is 1. The van der Waals surface area contributed by atoms with Crippen molar-refractivity contribution in [3.05, 3.63) is 47.0 Å². The molecule has 26 heavy (non-hydrogen) atoms. The number of aromatic hydroxyl groups is 1. The Morgan fingerprint density at radius 1 is 1.15 bits per heavy atom. The van der Waals surface area contributed by atoms with Crippen molar-refractivity contribution in [2.75, 3.05) is 20.8 Å². The summed E-state index contributed by atoms with van der Waals surface area (Å²) in [6.07, 6.45) is 1.42. The molecule has 0 spiro atoms. The van der Waals surface area contributed by atoms with Crippen molar-refractivity contribution >= 4 is 12.1 Å². The molecule has 7 nitrogen and oxygen atoms in total. The fourth-order valence-corrected chi connectivity index (χ4v) is 2.22. The quantitative estimate of drug-likeness (QED) is 0.586. The molecule has 2 aromatic rings. The average molecular weight is 358 g/mol. The van der Waals surface area contributed by atoms with E-state index in [2.05, 4.69) is 10.5 Å². The zero-order chi connectivity index (χ0) is 19.1. The highest BCUT2D eigenvalue weighted by atomic mass is 16.5. The maximum absolute atomic E-state index is 11.9. The monoisotopic (exact) mass is 358 g/mol. The van der Waals surface area contributed by atoms with Crippen molar-refractivity contribution in [1.29, 1.82) is 0 Å². The van der Waals surface area contributed by atoms with Crippen LogP contribution in [0.15, 0.2) is 35.4 Å². The molecule has 2 rings (SSSR count). The Labute approximate surface area is 152 Å². The lowest BCUT2D eigenvalue weighted by Crippen LogP contribution is -2.24. The van der Waals surface area contributed by atoms with Crippen LogP contribution >= 0.6 is 0 Å². The number of methoxy groups -OCH3 is 2. The van der Waals surface area contributed by atoms with Gasteiger partial charge in [-0.1, -0.05) is 12.1 Å². The van der Waals surface area contributed by atoms with E-state index < -0.39 is 0 Å². The standard InChI is InChI=1S/C19H22N2O5/c1-12-6-5-7-15(13(12)2)26-11-18(22)21-20-10-14-8-16(24-3)19(23)17(9-14)25-4/h5-10,23H,11H2,1-4H3,(H,21,22)/b20-10+. The minimum Gasteiger partial charge on any atom is -0.502 e. The maximum Gasteiger partial charge on any atom is 0.277 e. The average Bonchev–Trinajstić information content (AvgIpc) is 2.64. The first kappa shape index (κ1) is 19.1. The molecule has 0 aliphatic rings. The molecule has 0 fully saturated rings. The van der Waals surface area contributed by atoms with Crippen LogP contribution in [0, 0.1) is 13.8 Å². The SMILES string of the molecule is COc1cc(/C=N/NC(=O)COc2cccc(C)c2C)cc(OC)c1O. The number of benzene rings is 2. The summed E-state index contributed by atoms with van der Waals surface area (Å²) < 4.78 is 15.6. The predicted octanol–water partition coefficient (Wildman–Crippen LogP) is 2.56. The molecule has 2 aromatic carbocycles. The van der Waals surface area contributed by atoms with E-state index in [1.54, 1.807) is 12.1 Å². The van der Waals surface area contributed by atoms with Gasteiger partial charge in [0.1, 0.15) is 5.75 Å². The van der Waals surface area contributed by atoms with Gasteiger partial charge < -0.3 is 19.3 Å². The minimum atomic E-state index is -0.389. The summed E-state index contributed by atoms with van der Waals surface area (Å²) in [4.78, 5) is 11.9. The third-order valence-corrected chi connectivity index (χ3v) is 3.82. The lowest BCUT2D eigenvalue weighted by Gasteiger charge is -2.10. The van der Waals surface area contributed by atoms with Gasteiger partial charge >= 0.3 is 0 Å². The van der Waals surface area contributed by atoms with Crippen molar-refractivity contribution in [3.8, 4) is 23.0 Å². The molecule has 0 bridgehead atoms. The van der Waals surface area contributed by atoms with E-state index in [0.29, 0.717) is 11.3 Å². The molecule has 138 valence electrons. The number of hydrazone groups is 1. The molecule has 0 aliphatic heterocycles. The van der Waals surface area contributed by atoms with Gasteiger partial charge in [-0.05, 0) is 43.2 Å². The first-order chi connectivity index (χ1) is 12.5. The van der Waals surface area contributed by atoms with Crippen LogP contribution in [0.1, 0.15) is 16.7 Å². The van der Waals surface area contributed by atoms with E-state index in [9.17, 15) is 9.90 Å². The molecular weight excluding hydrogens is 336 g/mol. The van der Waals surface area contributed by atoms with Crippen LogP contribution < -0.4 is 19.6 Å². The van der Waals surface area contributed by atoms with Gasteiger partial charge in [-0.15, -0.1) is 0 Å². The smallest absolute Gasteiger partial charge is 0.277 e. The van der Waals surface area contributed by atoms with Gasteiger partial charge in [0.2, 0.25) is 5.75 Å². The van der Waals surface area contributed by atoms with Gasteiger partial charge in [0.25, 0.3) is 5.91 Å². The Balaban J connectivity index is 1.95. The Bertz CT molecular complexity index is 793. The molecular formula is C19H22N2O5. The normalized spacial score (nSPS) is 10.6. The third-order valence-electron chi connectivity index (χ3n) is 3.82. The van der Waals surface area contributed by atoms with Gasteiger partial charge in [0.15, 0.2) is 18.1 Å². The zero-order valence-electron chi connectivity index (χ0n) is 15.2. The molecule has 0 heterocycles. The first-order valence-electron chi connectivity index (χ1n) is 7.92. The highest BCUT2D eigenvalue weighted by Gasteiger charge is 2.10. The first-order valence-corrected chi connectivity index (χ1v) is 7.92. The second kappa shape index (κ2) is 8.75. The Morgan fingerprint density at radius 3 is 2.42 bits per heavy atom. The summed E-state index contributed by atoms with van der Waals surface area (Å²) in [5.74, 6) is 0.667. The molecule has 7 heteroatoms. The number of hydrogen-bond donors (Lipinski definition) is 2. The lowest BCUT2D eigenvalue weighted by molar-refractivity contribution is -0.123. The number of hydrogen-bond acceptors (Lipinski definition) is 6.